The molecule has 3 heterocycles. The van der Waals surface area contributed by atoms with Gasteiger partial charge in [-0.15, -0.1) is 0 Å². The zero-order valence-electron chi connectivity index (χ0n) is 37.7. The SMILES string of the molecule is Fc1ccc2c(c1)C1(c3ccccc3-c3ccccc31)c1cc(-c3cc(-c4ccccc4)nc(-n4c5ccccc5c5ccc(-c6ccc7c(c6)c6ccccc6n7-c6ccccc6)cc54)n3)ccc1-2. The molecule has 326 valence electrons. The standard InChI is InChI=1S/C65H39FN4/c66-44-30-33-49-48-31-28-43(36-56(48)65(57(49)38-44)54-23-11-7-19-46(54)47-20-8-12-24-55(47)65)59-39-58(40-15-3-1-4-16-40)67-64(68-59)70-61-26-14-9-21-50(61)52-32-27-42(37-63(52)70)41-29-34-62-53(35-41)51-22-10-13-25-60(51)69(62)45-17-5-2-6-18-45/h1-39H. The maximum absolute atomic E-state index is 15.6. The quantitative estimate of drug-likeness (QED) is 0.173. The fourth-order valence-electron chi connectivity index (χ4n) is 12.1. The molecule has 0 saturated carbocycles. The van der Waals surface area contributed by atoms with Crippen molar-refractivity contribution >= 4 is 43.6 Å². The summed E-state index contributed by atoms with van der Waals surface area (Å²) in [6.45, 7) is 0. The Labute approximate surface area is 402 Å². The highest BCUT2D eigenvalue weighted by Crippen LogP contribution is 2.63. The van der Waals surface area contributed by atoms with E-state index in [0.29, 0.717) is 5.95 Å². The summed E-state index contributed by atoms with van der Waals surface area (Å²) in [6.07, 6.45) is 0. The van der Waals surface area contributed by atoms with Crippen LogP contribution >= 0.6 is 0 Å². The molecule has 2 aliphatic rings. The number of nitrogens with zero attached hydrogens (tertiary/aromatic N) is 4. The monoisotopic (exact) mass is 894 g/mol. The van der Waals surface area contributed by atoms with Gasteiger partial charge in [0.2, 0.25) is 5.95 Å². The summed E-state index contributed by atoms with van der Waals surface area (Å²) < 4.78 is 20.2. The van der Waals surface area contributed by atoms with Crippen molar-refractivity contribution in [2.75, 3.05) is 0 Å². The average molecular weight is 895 g/mol. The minimum Gasteiger partial charge on any atom is -0.309 e. The van der Waals surface area contributed by atoms with Crippen LogP contribution in [0.25, 0.3) is 111 Å². The first-order valence-corrected chi connectivity index (χ1v) is 23.8. The fourth-order valence-corrected chi connectivity index (χ4v) is 12.1. The summed E-state index contributed by atoms with van der Waals surface area (Å²) in [4.78, 5) is 11.0. The lowest BCUT2D eigenvalue weighted by molar-refractivity contribution is 0.622. The van der Waals surface area contributed by atoms with Crippen molar-refractivity contribution in [3.8, 4) is 67.5 Å². The highest BCUT2D eigenvalue weighted by atomic mass is 19.1. The summed E-state index contributed by atoms with van der Waals surface area (Å²) >= 11 is 0. The number of benzene rings is 10. The van der Waals surface area contributed by atoms with Crippen LogP contribution in [0, 0.1) is 5.82 Å². The van der Waals surface area contributed by atoms with Crippen LogP contribution in [0.3, 0.4) is 0 Å². The Hall–Kier alpha value is -9.19. The molecule has 1 spiro atoms. The summed E-state index contributed by atoms with van der Waals surface area (Å²) in [5.41, 5.74) is 19.5. The van der Waals surface area contributed by atoms with Crippen LogP contribution < -0.4 is 0 Å². The van der Waals surface area contributed by atoms with Gasteiger partial charge in [-0.1, -0.05) is 170 Å². The first kappa shape index (κ1) is 38.9. The minimum atomic E-state index is -0.712. The van der Waals surface area contributed by atoms with Gasteiger partial charge in [0.25, 0.3) is 0 Å². The van der Waals surface area contributed by atoms with E-state index >= 15 is 4.39 Å². The Kier molecular flexibility index (Phi) is 8.14. The molecule has 0 N–H and O–H groups in total. The summed E-state index contributed by atoms with van der Waals surface area (Å²) in [5.74, 6) is 0.338. The van der Waals surface area contributed by atoms with Gasteiger partial charge in [0.15, 0.2) is 0 Å². The van der Waals surface area contributed by atoms with Gasteiger partial charge < -0.3 is 4.57 Å². The molecule has 0 radical (unpaired) electrons. The molecule has 10 aromatic carbocycles. The zero-order chi connectivity index (χ0) is 46.1. The second-order valence-corrected chi connectivity index (χ2v) is 18.6. The predicted octanol–water partition coefficient (Wildman–Crippen LogP) is 16.2. The molecule has 13 aromatic rings. The Morgan fingerprint density at radius 1 is 0.314 bits per heavy atom. The highest BCUT2D eigenvalue weighted by molar-refractivity contribution is 6.12. The van der Waals surface area contributed by atoms with Crippen molar-refractivity contribution < 1.29 is 4.39 Å². The molecule has 0 fully saturated rings. The Morgan fingerprint density at radius 3 is 1.57 bits per heavy atom. The number of rotatable bonds is 5. The Morgan fingerprint density at radius 2 is 0.829 bits per heavy atom. The van der Waals surface area contributed by atoms with E-state index in [-0.39, 0.29) is 5.82 Å². The number of fused-ring (bicyclic) bond motifs is 16. The van der Waals surface area contributed by atoms with Gasteiger partial charge in [0.1, 0.15) is 5.82 Å². The molecular formula is C65H39FN4. The fraction of sp³-hybridized carbons (Fsp3) is 0.0154. The molecule has 0 unspecified atom stereocenters. The normalized spacial score (nSPS) is 13.0. The van der Waals surface area contributed by atoms with Crippen molar-refractivity contribution in [3.05, 3.63) is 265 Å². The van der Waals surface area contributed by atoms with E-state index in [9.17, 15) is 0 Å². The van der Waals surface area contributed by atoms with Gasteiger partial charge >= 0.3 is 0 Å². The molecular weight excluding hydrogens is 856 g/mol. The zero-order valence-corrected chi connectivity index (χ0v) is 37.7. The molecule has 0 aliphatic heterocycles. The molecule has 15 rings (SSSR count). The van der Waals surface area contributed by atoms with Crippen LogP contribution in [-0.4, -0.2) is 19.1 Å². The molecule has 0 amide bonds. The lowest BCUT2D eigenvalue weighted by atomic mass is 9.70. The third kappa shape index (κ3) is 5.40. The number of para-hydroxylation sites is 3. The van der Waals surface area contributed by atoms with E-state index in [2.05, 4.69) is 221 Å². The van der Waals surface area contributed by atoms with Gasteiger partial charge in [0.05, 0.1) is 38.9 Å². The number of hydrogen-bond acceptors (Lipinski definition) is 2. The Bertz CT molecular complexity index is 4270. The topological polar surface area (TPSA) is 35.6 Å². The van der Waals surface area contributed by atoms with Crippen molar-refractivity contribution in [2.45, 2.75) is 5.41 Å². The lowest BCUT2D eigenvalue weighted by Crippen LogP contribution is -2.26. The van der Waals surface area contributed by atoms with Crippen molar-refractivity contribution in [3.63, 3.8) is 0 Å². The largest absolute Gasteiger partial charge is 0.309 e. The molecule has 0 atom stereocenters. The highest BCUT2D eigenvalue weighted by Gasteiger charge is 2.51. The van der Waals surface area contributed by atoms with Gasteiger partial charge in [0, 0.05) is 38.4 Å². The van der Waals surface area contributed by atoms with Gasteiger partial charge in [-0.25, -0.2) is 14.4 Å². The van der Waals surface area contributed by atoms with Crippen molar-refractivity contribution in [1.82, 2.24) is 19.1 Å². The molecule has 0 bridgehead atoms. The van der Waals surface area contributed by atoms with E-state index in [1.807, 2.05) is 12.1 Å². The molecule has 5 heteroatoms. The third-order valence-corrected chi connectivity index (χ3v) is 15.0. The maximum Gasteiger partial charge on any atom is 0.235 e. The molecule has 3 aromatic heterocycles. The smallest absolute Gasteiger partial charge is 0.235 e. The van der Waals surface area contributed by atoms with Gasteiger partial charge in [-0.2, -0.15) is 0 Å². The molecule has 2 aliphatic carbocycles. The van der Waals surface area contributed by atoms with Gasteiger partial charge in [-0.3, -0.25) is 4.57 Å². The molecule has 4 nitrogen and oxygen atoms in total. The molecule has 70 heavy (non-hydrogen) atoms. The van der Waals surface area contributed by atoms with E-state index in [1.54, 1.807) is 12.1 Å². The predicted molar refractivity (Wildman–Crippen MR) is 283 cm³/mol. The van der Waals surface area contributed by atoms with Crippen LogP contribution in [0.1, 0.15) is 22.3 Å². The molecule has 0 saturated heterocycles. The van der Waals surface area contributed by atoms with E-state index < -0.39 is 5.41 Å². The number of hydrogen-bond donors (Lipinski definition) is 0. The van der Waals surface area contributed by atoms with Crippen LogP contribution in [0.5, 0.6) is 0 Å². The average Bonchev–Trinajstić information content (AvgIpc) is 4.12. The van der Waals surface area contributed by atoms with E-state index in [4.69, 9.17) is 9.97 Å². The van der Waals surface area contributed by atoms with Crippen LogP contribution in [0.4, 0.5) is 4.39 Å². The summed E-state index contributed by atoms with van der Waals surface area (Å²) in [6, 6.07) is 83.2. The maximum atomic E-state index is 15.6. The number of halogens is 1. The number of aromatic nitrogens is 4. The summed E-state index contributed by atoms with van der Waals surface area (Å²) in [5, 5.41) is 4.67. The Balaban J connectivity index is 0.948. The second kappa shape index (κ2) is 14.7. The van der Waals surface area contributed by atoms with E-state index in [1.165, 1.54) is 32.9 Å². The van der Waals surface area contributed by atoms with Crippen molar-refractivity contribution in [2.24, 2.45) is 0 Å². The second-order valence-electron chi connectivity index (χ2n) is 18.6. The van der Waals surface area contributed by atoms with Gasteiger partial charge in [-0.05, 0) is 122 Å². The van der Waals surface area contributed by atoms with Crippen LogP contribution in [0.15, 0.2) is 237 Å². The van der Waals surface area contributed by atoms with Crippen molar-refractivity contribution in [1.29, 1.82) is 0 Å². The first-order chi connectivity index (χ1) is 34.6. The third-order valence-electron chi connectivity index (χ3n) is 15.0. The van der Waals surface area contributed by atoms with Crippen LogP contribution in [-0.2, 0) is 5.41 Å². The summed E-state index contributed by atoms with van der Waals surface area (Å²) in [7, 11) is 0. The van der Waals surface area contributed by atoms with E-state index in [0.717, 1.165) is 94.5 Å². The van der Waals surface area contributed by atoms with Crippen LogP contribution in [0.2, 0.25) is 0 Å². The minimum absolute atomic E-state index is 0.244. The lowest BCUT2D eigenvalue weighted by Gasteiger charge is -2.30. The first-order valence-electron chi connectivity index (χ1n) is 23.8.